The van der Waals surface area contributed by atoms with Gasteiger partial charge in [-0.25, -0.2) is 9.13 Å². The highest BCUT2D eigenvalue weighted by molar-refractivity contribution is 7.47. The second kappa shape index (κ2) is 74.0. The zero-order valence-electron chi connectivity index (χ0n) is 63.2. The van der Waals surface area contributed by atoms with Gasteiger partial charge >= 0.3 is 39.5 Å². The third kappa shape index (κ3) is 73.0. The highest BCUT2D eigenvalue weighted by atomic mass is 31.2. The highest BCUT2D eigenvalue weighted by Gasteiger charge is 2.30. The maximum atomic E-state index is 13.1. The van der Waals surface area contributed by atoms with Crippen LogP contribution in [0.25, 0.3) is 0 Å². The van der Waals surface area contributed by atoms with E-state index in [1.165, 1.54) is 19.3 Å². The van der Waals surface area contributed by atoms with Crippen molar-refractivity contribution in [2.45, 2.75) is 303 Å². The molecule has 0 aromatic rings. The summed E-state index contributed by atoms with van der Waals surface area (Å²) in [5.41, 5.74) is 0. The molecule has 5 atom stereocenters. The Bertz CT molecular complexity index is 2550. The second-order valence-corrected chi connectivity index (χ2v) is 28.1. The molecule has 3 N–H and O–H groups in total. The van der Waals surface area contributed by atoms with Gasteiger partial charge in [0, 0.05) is 25.7 Å². The van der Waals surface area contributed by atoms with E-state index in [4.69, 9.17) is 37.0 Å². The van der Waals surface area contributed by atoms with Crippen molar-refractivity contribution in [3.63, 3.8) is 0 Å². The largest absolute Gasteiger partial charge is 0.472 e. The van der Waals surface area contributed by atoms with Crippen molar-refractivity contribution in [1.29, 1.82) is 0 Å². The molecule has 0 saturated heterocycles. The van der Waals surface area contributed by atoms with Crippen molar-refractivity contribution >= 4 is 39.5 Å². The lowest BCUT2D eigenvalue weighted by molar-refractivity contribution is -0.161. The number of phosphoric acid groups is 2. The van der Waals surface area contributed by atoms with Crippen LogP contribution in [0.4, 0.5) is 0 Å². The number of ether oxygens (including phenoxy) is 4. The molecule has 0 rings (SSSR count). The average Bonchev–Trinajstić information content (AvgIpc) is 0.908. The third-order valence-corrected chi connectivity index (χ3v) is 17.3. The van der Waals surface area contributed by atoms with Crippen LogP contribution >= 0.6 is 15.6 Å². The molecule has 0 amide bonds. The molecule has 0 aliphatic rings. The van der Waals surface area contributed by atoms with E-state index in [1.54, 1.807) is 0 Å². The SMILES string of the molecule is CC/C=C\C/C=C\C/C=C\C/C=C\C/C=C\CCCCCC(=O)OCC(COP(=O)(O)OCC(O)COP(=O)(O)OCC(COC(=O)CCCC/C=C\C/C=C\C/C=C\C/C=C\CC)OC(=O)CCCCCCC/C=C\C/C=C\CCCCC)OC(=O)CCCCCCC/C=C\C/C=C\CCC. The van der Waals surface area contributed by atoms with Gasteiger partial charge in [0.1, 0.15) is 19.3 Å². The smallest absolute Gasteiger partial charge is 0.462 e. The summed E-state index contributed by atoms with van der Waals surface area (Å²) in [6, 6.07) is 0. The number of hydrogen-bond acceptors (Lipinski definition) is 15. The molecule has 17 nitrogen and oxygen atoms in total. The molecular weight excluding hydrogens is 1330 g/mol. The quantitative estimate of drug-likeness (QED) is 0.0169. The van der Waals surface area contributed by atoms with Crippen LogP contribution in [0.1, 0.15) is 285 Å². The number of unbranched alkanes of at least 4 members (excludes halogenated alkanes) is 19. The fourth-order valence-electron chi connectivity index (χ4n) is 9.60. The van der Waals surface area contributed by atoms with Crippen LogP contribution in [-0.2, 0) is 65.4 Å². The number of esters is 4. The van der Waals surface area contributed by atoms with Crippen molar-refractivity contribution in [2.24, 2.45) is 0 Å². The second-order valence-electron chi connectivity index (χ2n) is 25.2. The van der Waals surface area contributed by atoms with Gasteiger partial charge in [0.05, 0.1) is 26.4 Å². The van der Waals surface area contributed by atoms with Crippen LogP contribution in [0.2, 0.25) is 0 Å². The van der Waals surface area contributed by atoms with Crippen molar-refractivity contribution in [3.8, 4) is 0 Å². The van der Waals surface area contributed by atoms with E-state index in [2.05, 4.69) is 186 Å². The molecule has 0 radical (unpaired) electrons. The normalized spacial score (nSPS) is 14.8. The summed E-state index contributed by atoms with van der Waals surface area (Å²) in [6.07, 6.45) is 85.2. The van der Waals surface area contributed by atoms with Crippen molar-refractivity contribution < 1.29 is 80.2 Å². The lowest BCUT2D eigenvalue weighted by Crippen LogP contribution is -2.30. The molecule has 5 unspecified atom stereocenters. The molecule has 0 aliphatic heterocycles. The van der Waals surface area contributed by atoms with Gasteiger partial charge in [0.2, 0.25) is 0 Å². The molecule has 0 fully saturated rings. The van der Waals surface area contributed by atoms with Gasteiger partial charge in [-0.2, -0.15) is 0 Å². The number of allylic oxidation sites excluding steroid dienone is 26. The highest BCUT2D eigenvalue weighted by Crippen LogP contribution is 2.45. The summed E-state index contributed by atoms with van der Waals surface area (Å²) >= 11 is 0. The molecule has 0 heterocycles. The minimum atomic E-state index is -5.00. The Labute approximate surface area is 617 Å². The van der Waals surface area contributed by atoms with Crippen molar-refractivity contribution in [1.82, 2.24) is 0 Å². The van der Waals surface area contributed by atoms with E-state index in [0.717, 1.165) is 186 Å². The molecule has 0 saturated carbocycles. The van der Waals surface area contributed by atoms with Gasteiger partial charge in [0.25, 0.3) is 0 Å². The van der Waals surface area contributed by atoms with E-state index in [0.29, 0.717) is 25.7 Å². The summed E-state index contributed by atoms with van der Waals surface area (Å²) in [7, 11) is -9.99. The van der Waals surface area contributed by atoms with Crippen LogP contribution < -0.4 is 0 Å². The third-order valence-electron chi connectivity index (χ3n) is 15.4. The first-order valence-corrected chi connectivity index (χ1v) is 41.7. The topological polar surface area (TPSA) is 237 Å². The number of phosphoric ester groups is 2. The summed E-state index contributed by atoms with van der Waals surface area (Å²) in [4.78, 5) is 72.9. The van der Waals surface area contributed by atoms with Gasteiger partial charge in [-0.3, -0.25) is 37.3 Å². The van der Waals surface area contributed by atoms with E-state index >= 15 is 0 Å². The minimum Gasteiger partial charge on any atom is -0.462 e. The maximum Gasteiger partial charge on any atom is 0.472 e. The Kier molecular flexibility index (Phi) is 70.1. The van der Waals surface area contributed by atoms with Crippen LogP contribution in [0, 0.1) is 0 Å². The Morgan fingerprint density at radius 2 is 0.529 bits per heavy atom. The molecular formula is C83H136O17P2. The zero-order chi connectivity index (χ0) is 74.6. The fraction of sp³-hybridized carbons (Fsp3) is 0.639. The molecule has 580 valence electrons. The summed E-state index contributed by atoms with van der Waals surface area (Å²) in [6.45, 7) is 4.42. The molecule has 102 heavy (non-hydrogen) atoms. The molecule has 19 heteroatoms. The standard InChI is InChI=1S/C83H136O17P2/c1-5-9-13-17-21-25-29-33-36-37-38-39-42-45-48-52-56-60-64-68-81(86)94-73-78(99-82(87)69-65-61-57-53-49-43-32-28-24-20-16-12-8-4)75-97-101(89,90)95-71-77(84)72-96-102(91,92)98-76-79(100-83(88)70-66-62-58-54-50-46-41-35-31-27-23-19-15-11-7-3)74-93-80(85)67-63-59-55-51-47-44-40-34-30-26-22-18-14-10-6-2/h9-10,13-14,16,20-23,25-28,32-36,38-41,45,47-48,51,77-79,84H,5-8,11-12,15,17-19,24,29-31,37,42-44,46,49-50,52-76H2,1-4H3,(H,89,90)(H,91,92)/b13-9-,14-10-,20-16-,25-21-,26-22-,27-23-,32-28-,36-33-,39-38-,40-34-,41-35-,48-45-,51-47-. The molecule has 0 bridgehead atoms. The monoisotopic (exact) mass is 1470 g/mol. The van der Waals surface area contributed by atoms with Crippen molar-refractivity contribution in [2.75, 3.05) is 39.6 Å². The first kappa shape index (κ1) is 96.7. The van der Waals surface area contributed by atoms with Gasteiger partial charge in [-0.1, -0.05) is 250 Å². The van der Waals surface area contributed by atoms with E-state index in [9.17, 15) is 43.2 Å². The lowest BCUT2D eigenvalue weighted by atomic mass is 10.1. The number of hydrogen-bond donors (Lipinski definition) is 3. The van der Waals surface area contributed by atoms with Crippen LogP contribution in [0.3, 0.4) is 0 Å². The van der Waals surface area contributed by atoms with Gasteiger partial charge < -0.3 is 33.8 Å². The summed E-state index contributed by atoms with van der Waals surface area (Å²) < 4.78 is 68.4. The Morgan fingerprint density at radius 1 is 0.284 bits per heavy atom. The molecule has 0 aromatic heterocycles. The first-order chi connectivity index (χ1) is 49.7. The van der Waals surface area contributed by atoms with Crippen molar-refractivity contribution in [3.05, 3.63) is 158 Å². The number of carbonyl (C=O) groups is 4. The summed E-state index contributed by atoms with van der Waals surface area (Å²) in [5.74, 6) is -2.30. The van der Waals surface area contributed by atoms with E-state index < -0.39 is 97.5 Å². The number of carbonyl (C=O) groups excluding carboxylic acids is 4. The van der Waals surface area contributed by atoms with Gasteiger partial charge in [-0.05, 0) is 167 Å². The van der Waals surface area contributed by atoms with E-state index in [-0.39, 0.29) is 25.7 Å². The van der Waals surface area contributed by atoms with Crippen LogP contribution in [0.15, 0.2) is 158 Å². The molecule has 0 spiro atoms. The zero-order valence-corrected chi connectivity index (χ0v) is 65.0. The number of aliphatic hydroxyl groups is 1. The Morgan fingerprint density at radius 3 is 0.853 bits per heavy atom. The number of rotatable bonds is 71. The maximum absolute atomic E-state index is 13.1. The van der Waals surface area contributed by atoms with Gasteiger partial charge in [-0.15, -0.1) is 0 Å². The Balaban J connectivity index is 5.44. The summed E-state index contributed by atoms with van der Waals surface area (Å²) in [5, 5.41) is 10.6. The predicted molar refractivity (Wildman–Crippen MR) is 417 cm³/mol. The Hall–Kier alpha value is -5.32. The minimum absolute atomic E-state index is 0.0641. The average molecular weight is 1470 g/mol. The molecule has 0 aliphatic carbocycles. The predicted octanol–water partition coefficient (Wildman–Crippen LogP) is 22.4. The van der Waals surface area contributed by atoms with Crippen LogP contribution in [-0.4, -0.2) is 96.7 Å². The van der Waals surface area contributed by atoms with Crippen LogP contribution in [0.5, 0.6) is 0 Å². The first-order valence-electron chi connectivity index (χ1n) is 38.7. The fourth-order valence-corrected chi connectivity index (χ4v) is 11.2. The molecule has 0 aromatic carbocycles. The van der Waals surface area contributed by atoms with Gasteiger partial charge in [0.15, 0.2) is 12.2 Å². The van der Waals surface area contributed by atoms with E-state index in [1.807, 2.05) is 0 Å². The lowest BCUT2D eigenvalue weighted by Gasteiger charge is -2.21. The number of aliphatic hydroxyl groups excluding tert-OH is 1.